The van der Waals surface area contributed by atoms with E-state index in [1.807, 2.05) is 18.2 Å². The molecule has 0 atom stereocenters. The first-order valence-corrected chi connectivity index (χ1v) is 2.82. The van der Waals surface area contributed by atoms with Gasteiger partial charge >= 0.3 is 0 Å². The van der Waals surface area contributed by atoms with Gasteiger partial charge in [0, 0.05) is 13.3 Å². The maximum Gasteiger partial charge on any atom is 0.0884 e. The molecule has 0 aliphatic heterocycles. The van der Waals surface area contributed by atoms with Gasteiger partial charge in [-0.15, -0.1) is 0 Å². The van der Waals surface area contributed by atoms with Gasteiger partial charge in [0.05, 0.1) is 12.3 Å². The van der Waals surface area contributed by atoms with E-state index in [0.29, 0.717) is 6.61 Å². The van der Waals surface area contributed by atoms with Crippen LogP contribution >= 0.6 is 0 Å². The van der Waals surface area contributed by atoms with E-state index in [-0.39, 0.29) is 0 Å². The van der Waals surface area contributed by atoms with Crippen LogP contribution in [-0.2, 0) is 11.3 Å². The molecule has 0 amide bonds. The normalized spacial score (nSPS) is 9.44. The number of pyridine rings is 1. The number of nitrogens with zero attached hydrogens (tertiary/aromatic N) is 1. The van der Waals surface area contributed by atoms with Gasteiger partial charge in [-0.05, 0) is 12.1 Å². The van der Waals surface area contributed by atoms with Crippen LogP contribution in [0, 0.1) is 0 Å². The van der Waals surface area contributed by atoms with E-state index >= 15 is 0 Å². The van der Waals surface area contributed by atoms with E-state index in [1.54, 1.807) is 13.3 Å². The number of rotatable bonds is 2. The Kier molecular flexibility index (Phi) is 2.22. The predicted molar refractivity (Wildman–Crippen MR) is 35.0 cm³/mol. The minimum atomic E-state index is 0.598. The molecule has 1 aromatic heterocycles. The summed E-state index contributed by atoms with van der Waals surface area (Å²) in [5.74, 6) is 0. The Bertz CT molecular complexity index is 162. The minimum Gasteiger partial charge on any atom is -0.378 e. The van der Waals surface area contributed by atoms with Crippen LogP contribution in [0.4, 0.5) is 0 Å². The van der Waals surface area contributed by atoms with Crippen LogP contribution < -0.4 is 0 Å². The molecule has 0 radical (unpaired) electrons. The third-order valence-electron chi connectivity index (χ3n) is 1.02. The molecule has 0 aromatic carbocycles. The number of methoxy groups -OCH3 is 1. The van der Waals surface area contributed by atoms with Crippen LogP contribution in [0.2, 0.25) is 0 Å². The molecule has 0 aliphatic rings. The summed E-state index contributed by atoms with van der Waals surface area (Å²) >= 11 is 0. The number of ether oxygens (including phenoxy) is 1. The van der Waals surface area contributed by atoms with Crippen molar-refractivity contribution in [2.75, 3.05) is 7.11 Å². The van der Waals surface area contributed by atoms with E-state index < -0.39 is 0 Å². The largest absolute Gasteiger partial charge is 0.378 e. The lowest BCUT2D eigenvalue weighted by molar-refractivity contribution is 0.181. The summed E-state index contributed by atoms with van der Waals surface area (Å²) in [5.41, 5.74) is 0.972. The van der Waals surface area contributed by atoms with Crippen molar-refractivity contribution >= 4 is 0 Å². The summed E-state index contributed by atoms with van der Waals surface area (Å²) in [6, 6.07) is 5.77. The first-order valence-electron chi connectivity index (χ1n) is 2.82. The van der Waals surface area contributed by atoms with Crippen molar-refractivity contribution in [2.24, 2.45) is 0 Å². The maximum absolute atomic E-state index is 4.87. The third-order valence-corrected chi connectivity index (χ3v) is 1.02. The van der Waals surface area contributed by atoms with Gasteiger partial charge in [0.25, 0.3) is 0 Å². The van der Waals surface area contributed by atoms with Crippen molar-refractivity contribution in [1.29, 1.82) is 0 Å². The molecule has 2 heteroatoms. The van der Waals surface area contributed by atoms with Gasteiger partial charge in [-0.2, -0.15) is 0 Å². The van der Waals surface area contributed by atoms with E-state index in [4.69, 9.17) is 4.74 Å². The lowest BCUT2D eigenvalue weighted by Gasteiger charge is -1.94. The molecule has 0 saturated carbocycles. The van der Waals surface area contributed by atoms with Gasteiger partial charge in [0.2, 0.25) is 0 Å². The molecule has 0 aliphatic carbocycles. The molecule has 0 saturated heterocycles. The topological polar surface area (TPSA) is 22.1 Å². The van der Waals surface area contributed by atoms with Gasteiger partial charge in [-0.3, -0.25) is 4.98 Å². The summed E-state index contributed by atoms with van der Waals surface area (Å²) in [7, 11) is 1.66. The predicted octanol–water partition coefficient (Wildman–Crippen LogP) is 1.23. The monoisotopic (exact) mass is 123 g/mol. The highest BCUT2D eigenvalue weighted by Gasteiger charge is 1.86. The van der Waals surface area contributed by atoms with Crippen molar-refractivity contribution < 1.29 is 4.74 Å². The van der Waals surface area contributed by atoms with Crippen molar-refractivity contribution in [1.82, 2.24) is 4.98 Å². The average molecular weight is 123 g/mol. The van der Waals surface area contributed by atoms with Gasteiger partial charge in [-0.25, -0.2) is 0 Å². The molecular weight excluding hydrogens is 114 g/mol. The molecule has 1 aromatic rings. The summed E-state index contributed by atoms with van der Waals surface area (Å²) < 4.78 is 4.87. The smallest absolute Gasteiger partial charge is 0.0884 e. The second-order valence-electron chi connectivity index (χ2n) is 1.75. The molecule has 0 unspecified atom stereocenters. The lowest BCUT2D eigenvalue weighted by Crippen LogP contribution is -1.88. The molecule has 0 spiro atoms. The fourth-order valence-electron chi connectivity index (χ4n) is 0.631. The maximum atomic E-state index is 4.87. The highest BCUT2D eigenvalue weighted by Crippen LogP contribution is 1.93. The highest BCUT2D eigenvalue weighted by atomic mass is 16.5. The molecule has 1 rings (SSSR count). The molecule has 2 nitrogen and oxygen atoms in total. The van der Waals surface area contributed by atoms with Crippen molar-refractivity contribution in [3.8, 4) is 0 Å². The quantitative estimate of drug-likeness (QED) is 0.590. The van der Waals surface area contributed by atoms with Crippen LogP contribution in [0.5, 0.6) is 0 Å². The molecule has 9 heavy (non-hydrogen) atoms. The van der Waals surface area contributed by atoms with Crippen molar-refractivity contribution in [2.45, 2.75) is 6.61 Å². The summed E-state index contributed by atoms with van der Waals surface area (Å²) in [6.07, 6.45) is 1.76. The SMILES string of the molecule is COCc1ccccn1. The van der Waals surface area contributed by atoms with Crippen LogP contribution in [0.15, 0.2) is 24.4 Å². The lowest BCUT2D eigenvalue weighted by atomic mass is 10.4. The van der Waals surface area contributed by atoms with Crippen LogP contribution in [0.3, 0.4) is 0 Å². The molecular formula is C7H9NO. The standard InChI is InChI=1S/C7H9NO/c1-9-6-7-4-2-3-5-8-7/h2-5H,6H2,1H3. The highest BCUT2D eigenvalue weighted by molar-refractivity contribution is 5.01. The number of hydrogen-bond acceptors (Lipinski definition) is 2. The Morgan fingerprint density at radius 2 is 2.44 bits per heavy atom. The van der Waals surface area contributed by atoms with Gasteiger partial charge in [0.15, 0.2) is 0 Å². The van der Waals surface area contributed by atoms with Crippen LogP contribution in [-0.4, -0.2) is 12.1 Å². The van der Waals surface area contributed by atoms with Crippen molar-refractivity contribution in [3.05, 3.63) is 30.1 Å². The zero-order chi connectivity index (χ0) is 6.53. The summed E-state index contributed by atoms with van der Waals surface area (Å²) in [4.78, 5) is 4.04. The number of hydrogen-bond donors (Lipinski definition) is 0. The Morgan fingerprint density at radius 1 is 1.56 bits per heavy atom. The molecule has 0 fully saturated rings. The third kappa shape index (κ3) is 1.82. The fraction of sp³-hybridized carbons (Fsp3) is 0.286. The Labute approximate surface area is 54.5 Å². The Morgan fingerprint density at radius 3 is 3.00 bits per heavy atom. The molecule has 0 bridgehead atoms. The van der Waals surface area contributed by atoms with Gasteiger partial charge in [-0.1, -0.05) is 6.07 Å². The van der Waals surface area contributed by atoms with E-state index in [9.17, 15) is 0 Å². The fourth-order valence-corrected chi connectivity index (χ4v) is 0.631. The average Bonchev–Trinajstić information content (AvgIpc) is 1.91. The summed E-state index contributed by atoms with van der Waals surface area (Å²) in [5, 5.41) is 0. The van der Waals surface area contributed by atoms with Crippen molar-refractivity contribution in [3.63, 3.8) is 0 Å². The second kappa shape index (κ2) is 3.20. The zero-order valence-electron chi connectivity index (χ0n) is 5.37. The van der Waals surface area contributed by atoms with Crippen LogP contribution in [0.1, 0.15) is 5.69 Å². The zero-order valence-corrected chi connectivity index (χ0v) is 5.37. The van der Waals surface area contributed by atoms with Gasteiger partial charge < -0.3 is 4.74 Å². The van der Waals surface area contributed by atoms with E-state index in [1.165, 1.54) is 0 Å². The minimum absolute atomic E-state index is 0.598. The number of aromatic nitrogens is 1. The molecule has 1 heterocycles. The Balaban J connectivity index is 2.61. The Hall–Kier alpha value is -0.890. The first kappa shape index (κ1) is 6.23. The first-order chi connectivity index (χ1) is 4.43. The van der Waals surface area contributed by atoms with E-state index in [0.717, 1.165) is 5.69 Å². The molecule has 48 valence electrons. The van der Waals surface area contributed by atoms with E-state index in [2.05, 4.69) is 4.98 Å². The van der Waals surface area contributed by atoms with Crippen LogP contribution in [0.25, 0.3) is 0 Å². The molecule has 0 N–H and O–H groups in total. The van der Waals surface area contributed by atoms with Gasteiger partial charge in [0.1, 0.15) is 0 Å². The summed E-state index contributed by atoms with van der Waals surface area (Å²) in [6.45, 7) is 0.598. The second-order valence-corrected chi connectivity index (χ2v) is 1.75.